The number of aliphatic imine (C=N–C) groups is 1. The highest BCUT2D eigenvalue weighted by Crippen LogP contribution is 2.35. The molecule has 0 unspecified atom stereocenters. The summed E-state index contributed by atoms with van der Waals surface area (Å²) in [4.78, 5) is 17.6. The van der Waals surface area contributed by atoms with Crippen molar-refractivity contribution in [2.45, 2.75) is 50.5 Å². The van der Waals surface area contributed by atoms with Crippen LogP contribution >= 0.6 is 0 Å². The third kappa shape index (κ3) is 6.23. The molecule has 1 aliphatic heterocycles. The van der Waals surface area contributed by atoms with Gasteiger partial charge in [0.2, 0.25) is 5.91 Å². The standard InChI is InChI=1S/C22H35N5O/c1-24-22(26-20-11-13-27(14-12-20)16-21(23)28)25-15-17-7-9-19(10-8-17)18-5-3-2-4-6-18/h2-6,17,19-20H,7-16H2,1H3,(H2,23,28)(H2,24,25,26). The fourth-order valence-corrected chi connectivity index (χ4v) is 4.51. The van der Waals surface area contributed by atoms with Gasteiger partial charge in [-0.3, -0.25) is 14.7 Å². The molecule has 1 aromatic carbocycles. The second-order valence-electron chi connectivity index (χ2n) is 8.24. The molecule has 154 valence electrons. The zero-order valence-corrected chi connectivity index (χ0v) is 17.1. The van der Waals surface area contributed by atoms with Gasteiger partial charge in [-0.15, -0.1) is 0 Å². The molecule has 1 amide bonds. The lowest BCUT2D eigenvalue weighted by atomic mass is 9.79. The van der Waals surface area contributed by atoms with Crippen LogP contribution in [0.25, 0.3) is 0 Å². The molecule has 6 heteroatoms. The van der Waals surface area contributed by atoms with Gasteiger partial charge in [-0.1, -0.05) is 30.3 Å². The zero-order chi connectivity index (χ0) is 19.8. The predicted molar refractivity (Wildman–Crippen MR) is 114 cm³/mol. The van der Waals surface area contributed by atoms with Crippen molar-refractivity contribution >= 4 is 11.9 Å². The van der Waals surface area contributed by atoms with Crippen LogP contribution in [0.4, 0.5) is 0 Å². The van der Waals surface area contributed by atoms with E-state index in [4.69, 9.17) is 5.73 Å². The number of carbonyl (C=O) groups is 1. The van der Waals surface area contributed by atoms with Crippen LogP contribution < -0.4 is 16.4 Å². The molecule has 1 heterocycles. The molecule has 0 bridgehead atoms. The van der Waals surface area contributed by atoms with E-state index >= 15 is 0 Å². The van der Waals surface area contributed by atoms with Crippen LogP contribution in [0.15, 0.2) is 35.3 Å². The summed E-state index contributed by atoms with van der Waals surface area (Å²) in [7, 11) is 1.84. The number of rotatable bonds is 6. The van der Waals surface area contributed by atoms with Gasteiger partial charge in [0.05, 0.1) is 6.54 Å². The van der Waals surface area contributed by atoms with Crippen molar-refractivity contribution in [3.05, 3.63) is 35.9 Å². The molecule has 1 aromatic rings. The van der Waals surface area contributed by atoms with Crippen molar-refractivity contribution in [1.82, 2.24) is 15.5 Å². The number of piperidine rings is 1. The lowest BCUT2D eigenvalue weighted by Crippen LogP contribution is -2.50. The van der Waals surface area contributed by atoms with E-state index in [1.54, 1.807) is 0 Å². The van der Waals surface area contributed by atoms with Gasteiger partial charge in [0.1, 0.15) is 0 Å². The first-order chi connectivity index (χ1) is 13.6. The summed E-state index contributed by atoms with van der Waals surface area (Å²) in [5.41, 5.74) is 6.78. The van der Waals surface area contributed by atoms with Gasteiger partial charge in [0.15, 0.2) is 5.96 Å². The second-order valence-corrected chi connectivity index (χ2v) is 8.24. The fourth-order valence-electron chi connectivity index (χ4n) is 4.51. The Hall–Kier alpha value is -2.08. The van der Waals surface area contributed by atoms with Crippen molar-refractivity contribution in [1.29, 1.82) is 0 Å². The first-order valence-electron chi connectivity index (χ1n) is 10.7. The molecule has 2 fully saturated rings. The fraction of sp³-hybridized carbons (Fsp3) is 0.636. The molecule has 2 aliphatic rings. The first-order valence-corrected chi connectivity index (χ1v) is 10.7. The number of guanidine groups is 1. The number of likely N-dealkylation sites (tertiary alicyclic amines) is 1. The van der Waals surface area contributed by atoms with E-state index < -0.39 is 0 Å². The van der Waals surface area contributed by atoms with Crippen molar-refractivity contribution in [2.24, 2.45) is 16.6 Å². The summed E-state index contributed by atoms with van der Waals surface area (Å²) >= 11 is 0. The van der Waals surface area contributed by atoms with E-state index in [1.807, 2.05) is 7.05 Å². The summed E-state index contributed by atoms with van der Waals surface area (Å²) in [5.74, 6) is 2.10. The molecule has 28 heavy (non-hydrogen) atoms. The van der Waals surface area contributed by atoms with Gasteiger partial charge in [0.25, 0.3) is 0 Å². The van der Waals surface area contributed by atoms with Crippen LogP contribution in [0, 0.1) is 5.92 Å². The average Bonchev–Trinajstić information content (AvgIpc) is 2.73. The molecule has 0 radical (unpaired) electrons. The lowest BCUT2D eigenvalue weighted by molar-refractivity contribution is -0.119. The molecule has 1 saturated carbocycles. The van der Waals surface area contributed by atoms with Gasteiger partial charge in [-0.05, 0) is 55.9 Å². The topological polar surface area (TPSA) is 82.8 Å². The molecule has 0 spiro atoms. The van der Waals surface area contributed by atoms with Crippen LogP contribution in [0.3, 0.4) is 0 Å². The maximum atomic E-state index is 11.0. The molecule has 1 saturated heterocycles. The Balaban J connectivity index is 1.35. The SMILES string of the molecule is CN=C(NCC1CCC(c2ccccc2)CC1)NC1CCN(CC(N)=O)CC1. The summed E-state index contributed by atoms with van der Waals surface area (Å²) in [6, 6.07) is 11.3. The monoisotopic (exact) mass is 385 g/mol. The van der Waals surface area contributed by atoms with E-state index in [9.17, 15) is 4.79 Å². The van der Waals surface area contributed by atoms with E-state index in [-0.39, 0.29) is 5.91 Å². The number of hydrogen-bond acceptors (Lipinski definition) is 3. The number of carbonyl (C=O) groups excluding carboxylic acids is 1. The lowest BCUT2D eigenvalue weighted by Gasteiger charge is -2.33. The van der Waals surface area contributed by atoms with Crippen LogP contribution in [0.5, 0.6) is 0 Å². The van der Waals surface area contributed by atoms with Crippen molar-refractivity contribution < 1.29 is 4.79 Å². The molecular weight excluding hydrogens is 350 g/mol. The van der Waals surface area contributed by atoms with Gasteiger partial charge in [0, 0.05) is 32.7 Å². The molecule has 3 rings (SSSR count). The summed E-state index contributed by atoms with van der Waals surface area (Å²) in [6.45, 7) is 3.16. The highest BCUT2D eigenvalue weighted by Gasteiger charge is 2.23. The number of nitrogens with two attached hydrogens (primary N) is 1. The zero-order valence-electron chi connectivity index (χ0n) is 17.1. The Morgan fingerprint density at radius 1 is 1.11 bits per heavy atom. The Bertz CT molecular complexity index is 632. The first kappa shape index (κ1) is 20.6. The number of benzene rings is 1. The minimum Gasteiger partial charge on any atom is -0.369 e. The maximum Gasteiger partial charge on any atom is 0.231 e. The number of amides is 1. The van der Waals surface area contributed by atoms with E-state index in [1.165, 1.54) is 31.2 Å². The molecule has 1 aliphatic carbocycles. The normalized spacial score (nSPS) is 24.7. The number of hydrogen-bond donors (Lipinski definition) is 3. The third-order valence-electron chi connectivity index (χ3n) is 6.21. The minimum absolute atomic E-state index is 0.245. The van der Waals surface area contributed by atoms with Crippen LogP contribution in [-0.4, -0.2) is 56.0 Å². The Morgan fingerprint density at radius 2 is 1.79 bits per heavy atom. The van der Waals surface area contributed by atoms with Crippen LogP contribution in [-0.2, 0) is 4.79 Å². The molecule has 0 atom stereocenters. The second kappa shape index (κ2) is 10.5. The highest BCUT2D eigenvalue weighted by molar-refractivity contribution is 5.80. The Labute approximate surface area is 169 Å². The van der Waals surface area contributed by atoms with Gasteiger partial charge >= 0.3 is 0 Å². The largest absolute Gasteiger partial charge is 0.369 e. The van der Waals surface area contributed by atoms with Gasteiger partial charge in [-0.2, -0.15) is 0 Å². The van der Waals surface area contributed by atoms with Gasteiger partial charge < -0.3 is 16.4 Å². The summed E-state index contributed by atoms with van der Waals surface area (Å²) < 4.78 is 0. The average molecular weight is 386 g/mol. The smallest absolute Gasteiger partial charge is 0.231 e. The number of primary amides is 1. The molecule has 6 nitrogen and oxygen atoms in total. The minimum atomic E-state index is -0.245. The molecule has 4 N–H and O–H groups in total. The van der Waals surface area contributed by atoms with Crippen LogP contribution in [0.2, 0.25) is 0 Å². The summed E-state index contributed by atoms with van der Waals surface area (Å²) in [5, 5.41) is 7.09. The van der Waals surface area contributed by atoms with Crippen molar-refractivity contribution in [3.8, 4) is 0 Å². The number of nitrogens with one attached hydrogen (secondary N) is 2. The molecule has 0 aromatic heterocycles. The highest BCUT2D eigenvalue weighted by atomic mass is 16.1. The van der Waals surface area contributed by atoms with Crippen molar-refractivity contribution in [2.75, 3.05) is 33.2 Å². The third-order valence-corrected chi connectivity index (χ3v) is 6.21. The number of nitrogens with zero attached hydrogens (tertiary/aromatic N) is 2. The van der Waals surface area contributed by atoms with E-state index in [2.05, 4.69) is 50.9 Å². The van der Waals surface area contributed by atoms with Crippen LogP contribution in [0.1, 0.15) is 50.0 Å². The Kier molecular flexibility index (Phi) is 7.71. The van der Waals surface area contributed by atoms with Gasteiger partial charge in [-0.25, -0.2) is 0 Å². The Morgan fingerprint density at radius 3 is 2.39 bits per heavy atom. The predicted octanol–water partition coefficient (Wildman–Crippen LogP) is 2.08. The molecular formula is C22H35N5O. The van der Waals surface area contributed by atoms with E-state index in [0.717, 1.165) is 50.3 Å². The maximum absolute atomic E-state index is 11.0. The quantitative estimate of drug-likeness (QED) is 0.517. The van der Waals surface area contributed by atoms with E-state index in [0.29, 0.717) is 12.6 Å². The summed E-state index contributed by atoms with van der Waals surface area (Å²) in [6.07, 6.45) is 7.12. The van der Waals surface area contributed by atoms with Crippen molar-refractivity contribution in [3.63, 3.8) is 0 Å².